The molecular formula is C6H7N2Y-. The van der Waals surface area contributed by atoms with Gasteiger partial charge >= 0.3 is 0 Å². The average molecular weight is 196 g/mol. The number of nitrogens with two attached hydrogens (primary N) is 2. The van der Waals surface area contributed by atoms with Gasteiger partial charge in [-0.1, -0.05) is 11.4 Å². The smallest absolute Gasteiger partial charge is 0 e. The first kappa shape index (κ1) is 8.92. The molecule has 0 heterocycles. The van der Waals surface area contributed by atoms with Gasteiger partial charge in [-0.2, -0.15) is 18.2 Å². The molecule has 0 aliphatic rings. The Bertz CT molecular complexity index is 171. The summed E-state index contributed by atoms with van der Waals surface area (Å²) in [5.74, 6) is 0. The maximum Gasteiger partial charge on any atom is 0 e. The van der Waals surface area contributed by atoms with Crippen LogP contribution >= 0.6 is 0 Å². The van der Waals surface area contributed by atoms with Crippen molar-refractivity contribution in [3.8, 4) is 0 Å². The summed E-state index contributed by atoms with van der Waals surface area (Å²) in [6, 6.07) is 7.82. The normalized spacial score (nSPS) is 8.00. The number of benzene rings is 1. The second kappa shape index (κ2) is 3.86. The Morgan fingerprint density at radius 3 is 1.78 bits per heavy atom. The molecule has 45 valence electrons. The second-order valence-corrected chi connectivity index (χ2v) is 1.60. The van der Waals surface area contributed by atoms with Crippen molar-refractivity contribution in [2.75, 3.05) is 11.5 Å². The fourth-order valence-corrected chi connectivity index (χ4v) is 0.510. The Morgan fingerprint density at radius 1 is 1.11 bits per heavy atom. The van der Waals surface area contributed by atoms with Crippen molar-refractivity contribution in [3.05, 3.63) is 24.3 Å². The maximum atomic E-state index is 5.35. The minimum atomic E-state index is 0. The predicted molar refractivity (Wildman–Crippen MR) is 34.1 cm³/mol. The molecule has 0 atom stereocenters. The molecule has 0 aliphatic carbocycles. The van der Waals surface area contributed by atoms with Crippen molar-refractivity contribution in [2.45, 2.75) is 0 Å². The van der Waals surface area contributed by atoms with Crippen LogP contribution in [0.15, 0.2) is 18.2 Å². The van der Waals surface area contributed by atoms with E-state index in [9.17, 15) is 0 Å². The third-order valence-corrected chi connectivity index (χ3v) is 0.833. The number of hydrogen-bond donors (Lipinski definition) is 2. The summed E-state index contributed by atoms with van der Waals surface area (Å²) in [7, 11) is 0. The van der Waals surface area contributed by atoms with Gasteiger partial charge in [0.05, 0.1) is 0 Å². The summed E-state index contributed by atoms with van der Waals surface area (Å²) in [5, 5.41) is 0. The fraction of sp³-hybridized carbons (Fsp3) is 0. The van der Waals surface area contributed by atoms with Gasteiger partial charge < -0.3 is 11.5 Å². The molecule has 0 fully saturated rings. The summed E-state index contributed by atoms with van der Waals surface area (Å²) >= 11 is 0. The van der Waals surface area contributed by atoms with E-state index in [0.29, 0.717) is 11.4 Å². The number of nitrogen functional groups attached to an aromatic ring is 2. The van der Waals surface area contributed by atoms with Gasteiger partial charge in [-0.25, -0.2) is 0 Å². The molecule has 1 rings (SSSR count). The summed E-state index contributed by atoms with van der Waals surface area (Å²) in [6.07, 6.45) is 0. The van der Waals surface area contributed by atoms with Gasteiger partial charge in [0.2, 0.25) is 0 Å². The van der Waals surface area contributed by atoms with E-state index in [1.54, 1.807) is 18.2 Å². The first-order chi connectivity index (χ1) is 3.79. The second-order valence-electron chi connectivity index (χ2n) is 1.60. The predicted octanol–water partition coefficient (Wildman–Crippen LogP) is 0.649. The molecule has 2 nitrogen and oxygen atoms in total. The molecule has 0 aliphatic heterocycles. The topological polar surface area (TPSA) is 52.0 Å². The number of anilines is 2. The summed E-state index contributed by atoms with van der Waals surface area (Å²) in [5.41, 5.74) is 12.0. The summed E-state index contributed by atoms with van der Waals surface area (Å²) in [6.45, 7) is 0. The van der Waals surface area contributed by atoms with Gasteiger partial charge in [-0.05, 0) is 0 Å². The van der Waals surface area contributed by atoms with Crippen LogP contribution in [0.5, 0.6) is 0 Å². The molecule has 0 aromatic heterocycles. The zero-order valence-corrected chi connectivity index (χ0v) is 7.80. The fourth-order valence-electron chi connectivity index (χ4n) is 0.510. The first-order valence-electron chi connectivity index (χ1n) is 2.31. The maximum absolute atomic E-state index is 5.35. The van der Waals surface area contributed by atoms with Gasteiger partial charge in [0.1, 0.15) is 0 Å². The Morgan fingerprint density at radius 2 is 1.56 bits per heavy atom. The van der Waals surface area contributed by atoms with Crippen molar-refractivity contribution >= 4 is 11.4 Å². The minimum absolute atomic E-state index is 0. The van der Waals surface area contributed by atoms with Crippen LogP contribution < -0.4 is 11.5 Å². The van der Waals surface area contributed by atoms with E-state index < -0.39 is 0 Å². The van der Waals surface area contributed by atoms with Crippen LogP contribution in [-0.2, 0) is 32.7 Å². The van der Waals surface area contributed by atoms with Crippen molar-refractivity contribution < 1.29 is 32.7 Å². The monoisotopic (exact) mass is 196 g/mol. The van der Waals surface area contributed by atoms with Crippen molar-refractivity contribution in [3.63, 3.8) is 0 Å². The quantitative estimate of drug-likeness (QED) is 0.472. The Labute approximate surface area is 79.5 Å². The molecule has 9 heavy (non-hydrogen) atoms. The molecule has 0 bridgehead atoms. The third-order valence-electron chi connectivity index (χ3n) is 0.833. The van der Waals surface area contributed by atoms with E-state index in [2.05, 4.69) is 6.07 Å². The van der Waals surface area contributed by atoms with Gasteiger partial charge in [-0.3, -0.25) is 0 Å². The number of hydrogen-bond acceptors (Lipinski definition) is 2. The van der Waals surface area contributed by atoms with Crippen molar-refractivity contribution in [2.24, 2.45) is 0 Å². The standard InChI is InChI=1S/C6H7N2.Y/c7-5-2-1-3-6(8)4-5;/h2-4H,7-8H2;/q-1;. The first-order valence-corrected chi connectivity index (χ1v) is 2.31. The van der Waals surface area contributed by atoms with Gasteiger partial charge in [0.15, 0.2) is 0 Å². The summed E-state index contributed by atoms with van der Waals surface area (Å²) < 4.78 is 0. The molecule has 4 N–H and O–H groups in total. The SMILES string of the molecule is Nc1c[c-]cc(N)c1.[Y]. The van der Waals surface area contributed by atoms with E-state index in [1.165, 1.54) is 0 Å². The number of rotatable bonds is 0. The molecule has 1 aromatic carbocycles. The third kappa shape index (κ3) is 2.82. The van der Waals surface area contributed by atoms with Crippen LogP contribution in [0.2, 0.25) is 0 Å². The van der Waals surface area contributed by atoms with E-state index in [1.807, 2.05) is 0 Å². The van der Waals surface area contributed by atoms with E-state index in [0.717, 1.165) is 0 Å². The molecule has 0 spiro atoms. The molecule has 0 amide bonds. The molecular weight excluding hydrogens is 189 g/mol. The van der Waals surface area contributed by atoms with Gasteiger partial charge in [0.25, 0.3) is 0 Å². The summed E-state index contributed by atoms with van der Waals surface area (Å²) in [4.78, 5) is 0. The van der Waals surface area contributed by atoms with Gasteiger partial charge in [0, 0.05) is 32.7 Å². The van der Waals surface area contributed by atoms with Gasteiger partial charge in [-0.15, -0.1) is 6.07 Å². The van der Waals surface area contributed by atoms with E-state index in [4.69, 9.17) is 11.5 Å². The molecule has 1 radical (unpaired) electrons. The van der Waals surface area contributed by atoms with Crippen LogP contribution in [-0.4, -0.2) is 0 Å². The minimum Gasteiger partial charge on any atom is -0.449 e. The zero-order chi connectivity index (χ0) is 5.98. The van der Waals surface area contributed by atoms with Crippen LogP contribution in [0.4, 0.5) is 11.4 Å². The Kier molecular flexibility index (Phi) is 3.82. The molecule has 1 aromatic rings. The van der Waals surface area contributed by atoms with Crippen LogP contribution in [0, 0.1) is 6.07 Å². The zero-order valence-electron chi connectivity index (χ0n) is 4.96. The van der Waals surface area contributed by atoms with E-state index >= 15 is 0 Å². The van der Waals surface area contributed by atoms with Crippen LogP contribution in [0.25, 0.3) is 0 Å². The Balaban J connectivity index is 0.000000640. The van der Waals surface area contributed by atoms with E-state index in [-0.39, 0.29) is 32.7 Å². The molecule has 0 saturated carbocycles. The largest absolute Gasteiger partial charge is 0.449 e. The molecule has 0 unspecified atom stereocenters. The molecule has 3 heteroatoms. The van der Waals surface area contributed by atoms with Crippen LogP contribution in [0.3, 0.4) is 0 Å². The average Bonchev–Trinajstić information content (AvgIpc) is 1.64. The Hall–Kier alpha value is -0.0761. The van der Waals surface area contributed by atoms with Crippen molar-refractivity contribution in [1.82, 2.24) is 0 Å². The van der Waals surface area contributed by atoms with Crippen LogP contribution in [0.1, 0.15) is 0 Å². The van der Waals surface area contributed by atoms with Crippen molar-refractivity contribution in [1.29, 1.82) is 0 Å². The molecule has 0 saturated heterocycles.